The van der Waals surface area contributed by atoms with Crippen molar-refractivity contribution in [3.63, 3.8) is 0 Å². The van der Waals surface area contributed by atoms with Crippen molar-refractivity contribution in [1.82, 2.24) is 15.6 Å². The molecule has 2 N–H and O–H groups in total. The van der Waals surface area contributed by atoms with Gasteiger partial charge < -0.3 is 10.2 Å². The van der Waals surface area contributed by atoms with E-state index in [2.05, 4.69) is 29.5 Å². The molecule has 0 aliphatic carbocycles. The van der Waals surface area contributed by atoms with Crippen LogP contribution in [0.15, 0.2) is 6.20 Å². The van der Waals surface area contributed by atoms with Crippen LogP contribution in [0.2, 0.25) is 0 Å². The number of hydrogen-bond acceptors (Lipinski definition) is 6. The molecule has 0 aromatic carbocycles. The van der Waals surface area contributed by atoms with E-state index in [0.29, 0.717) is 12.5 Å². The number of nitrogens with one attached hydrogen (secondary N) is 2. The Kier molecular flexibility index (Phi) is 4.72. The topological polar surface area (TPSA) is 74.3 Å². The maximum Gasteiger partial charge on any atom is 0.249 e. The van der Waals surface area contributed by atoms with Crippen LogP contribution in [0.5, 0.6) is 0 Å². The first-order valence-electron chi connectivity index (χ1n) is 6.79. The van der Waals surface area contributed by atoms with Gasteiger partial charge in [-0.1, -0.05) is 20.8 Å². The van der Waals surface area contributed by atoms with Gasteiger partial charge in [0.1, 0.15) is 12.6 Å². The summed E-state index contributed by atoms with van der Waals surface area (Å²) in [5, 5.41) is 6.44. The molecule has 110 valence electrons. The average molecular weight is 296 g/mol. The first-order chi connectivity index (χ1) is 9.51. The average Bonchev–Trinajstić information content (AvgIpc) is 2.84. The zero-order valence-electron chi connectivity index (χ0n) is 12.0. The summed E-state index contributed by atoms with van der Waals surface area (Å²) in [7, 11) is 0. The number of hydrogen-bond donors (Lipinski definition) is 2. The van der Waals surface area contributed by atoms with Crippen molar-refractivity contribution in [1.29, 1.82) is 0 Å². The highest BCUT2D eigenvalue weighted by atomic mass is 32.1. The normalized spacial score (nSPS) is 19.6. The second-order valence-electron chi connectivity index (χ2n) is 5.11. The van der Waals surface area contributed by atoms with Gasteiger partial charge in [0.25, 0.3) is 0 Å². The third-order valence-electron chi connectivity index (χ3n) is 3.11. The highest BCUT2D eigenvalue weighted by Gasteiger charge is 2.33. The molecule has 1 aromatic heterocycles. The van der Waals surface area contributed by atoms with Crippen LogP contribution in [0.1, 0.15) is 32.1 Å². The van der Waals surface area contributed by atoms with Crippen LogP contribution in [-0.4, -0.2) is 35.4 Å². The molecule has 2 amide bonds. The van der Waals surface area contributed by atoms with Crippen LogP contribution < -0.4 is 15.5 Å². The van der Waals surface area contributed by atoms with Gasteiger partial charge in [0, 0.05) is 23.7 Å². The maximum absolute atomic E-state index is 11.8. The van der Waals surface area contributed by atoms with E-state index >= 15 is 0 Å². The Morgan fingerprint density at radius 1 is 1.55 bits per heavy atom. The van der Waals surface area contributed by atoms with E-state index in [1.54, 1.807) is 11.1 Å². The van der Waals surface area contributed by atoms with Gasteiger partial charge in [-0.25, -0.2) is 4.98 Å². The van der Waals surface area contributed by atoms with E-state index < -0.39 is 0 Å². The minimum absolute atomic E-state index is 0.189. The predicted octanol–water partition coefficient (Wildman–Crippen LogP) is 0.882. The molecule has 0 saturated carbocycles. The highest BCUT2D eigenvalue weighted by molar-refractivity contribution is 7.15. The third-order valence-corrected chi connectivity index (χ3v) is 4.15. The first kappa shape index (κ1) is 14.9. The first-order valence-corrected chi connectivity index (χ1v) is 7.61. The van der Waals surface area contributed by atoms with Crippen molar-refractivity contribution in [2.45, 2.75) is 45.8 Å². The summed E-state index contributed by atoms with van der Waals surface area (Å²) in [6, 6.07) is 0.0936. The lowest BCUT2D eigenvalue weighted by atomic mass is 10.1. The van der Waals surface area contributed by atoms with Gasteiger partial charge in [0.2, 0.25) is 11.8 Å². The molecule has 2 rings (SSSR count). The molecule has 1 unspecified atom stereocenters. The van der Waals surface area contributed by atoms with Crippen molar-refractivity contribution in [2.24, 2.45) is 0 Å². The Hall–Kier alpha value is -1.47. The lowest BCUT2D eigenvalue weighted by Crippen LogP contribution is -2.58. The summed E-state index contributed by atoms with van der Waals surface area (Å²) in [4.78, 5) is 30.6. The van der Waals surface area contributed by atoms with E-state index in [1.165, 1.54) is 11.3 Å². The molecule has 1 saturated heterocycles. The van der Waals surface area contributed by atoms with Crippen molar-refractivity contribution in [3.8, 4) is 0 Å². The van der Waals surface area contributed by atoms with E-state index in [9.17, 15) is 9.59 Å². The molecule has 20 heavy (non-hydrogen) atoms. The number of carbonyl (C=O) groups excluding carboxylic acids is 2. The summed E-state index contributed by atoms with van der Waals surface area (Å²) in [5.74, 6) is -0.502. The SMILES string of the molecule is CCC1C(=O)NC(=O)CN1c1ncc(CNC(C)C)s1. The van der Waals surface area contributed by atoms with Gasteiger partial charge in [-0.05, 0) is 6.42 Å². The second kappa shape index (κ2) is 6.32. The van der Waals surface area contributed by atoms with E-state index in [-0.39, 0.29) is 24.4 Å². The Balaban J connectivity index is 2.12. The molecule has 1 aromatic rings. The fourth-order valence-electron chi connectivity index (χ4n) is 2.09. The number of piperazine rings is 1. The lowest BCUT2D eigenvalue weighted by molar-refractivity contribution is -0.132. The molecule has 0 spiro atoms. The largest absolute Gasteiger partial charge is 0.327 e. The lowest BCUT2D eigenvalue weighted by Gasteiger charge is -2.32. The monoisotopic (exact) mass is 296 g/mol. The molecule has 7 heteroatoms. The number of amides is 2. The van der Waals surface area contributed by atoms with Gasteiger partial charge in [0.15, 0.2) is 5.13 Å². The fraction of sp³-hybridized carbons (Fsp3) is 0.615. The van der Waals surface area contributed by atoms with Crippen molar-refractivity contribution >= 4 is 28.3 Å². The zero-order chi connectivity index (χ0) is 14.7. The van der Waals surface area contributed by atoms with Crippen LogP contribution in [0.25, 0.3) is 0 Å². The van der Waals surface area contributed by atoms with E-state index in [4.69, 9.17) is 0 Å². The van der Waals surface area contributed by atoms with Crippen molar-refractivity contribution in [3.05, 3.63) is 11.1 Å². The van der Waals surface area contributed by atoms with E-state index in [0.717, 1.165) is 16.6 Å². The number of imide groups is 1. The molecular weight excluding hydrogens is 276 g/mol. The molecule has 0 radical (unpaired) electrons. The minimum atomic E-state index is -0.315. The molecule has 1 fully saturated rings. The van der Waals surface area contributed by atoms with Crippen molar-refractivity contribution < 1.29 is 9.59 Å². The van der Waals surface area contributed by atoms with Gasteiger partial charge in [-0.3, -0.25) is 14.9 Å². The number of nitrogens with zero attached hydrogens (tertiary/aromatic N) is 2. The maximum atomic E-state index is 11.8. The Bertz CT molecular complexity index is 500. The summed E-state index contributed by atoms with van der Waals surface area (Å²) >= 11 is 1.52. The number of carbonyl (C=O) groups is 2. The summed E-state index contributed by atoms with van der Waals surface area (Å²) < 4.78 is 0. The molecule has 1 atom stereocenters. The molecule has 0 bridgehead atoms. The number of rotatable bonds is 5. The quantitative estimate of drug-likeness (QED) is 0.789. The number of aromatic nitrogens is 1. The molecular formula is C13H20N4O2S. The summed E-state index contributed by atoms with van der Waals surface area (Å²) in [6.45, 7) is 7.04. The molecule has 6 nitrogen and oxygen atoms in total. The predicted molar refractivity (Wildman–Crippen MR) is 78.7 cm³/mol. The minimum Gasteiger partial charge on any atom is -0.327 e. The molecule has 1 aliphatic rings. The fourth-order valence-corrected chi connectivity index (χ4v) is 3.00. The third kappa shape index (κ3) is 3.34. The van der Waals surface area contributed by atoms with E-state index in [1.807, 2.05) is 6.92 Å². The number of anilines is 1. The van der Waals surface area contributed by atoms with Crippen LogP contribution in [-0.2, 0) is 16.1 Å². The Morgan fingerprint density at radius 2 is 2.30 bits per heavy atom. The highest BCUT2D eigenvalue weighted by Crippen LogP contribution is 2.26. The van der Waals surface area contributed by atoms with Crippen LogP contribution >= 0.6 is 11.3 Å². The van der Waals surface area contributed by atoms with Gasteiger partial charge in [-0.15, -0.1) is 11.3 Å². The van der Waals surface area contributed by atoms with Crippen LogP contribution in [0.4, 0.5) is 5.13 Å². The van der Waals surface area contributed by atoms with Crippen LogP contribution in [0.3, 0.4) is 0 Å². The molecule has 1 aliphatic heterocycles. The van der Waals surface area contributed by atoms with Gasteiger partial charge in [0.05, 0.1) is 0 Å². The standard InChI is InChI=1S/C13H20N4O2S/c1-4-10-12(19)16-11(18)7-17(10)13-15-6-9(20-13)5-14-8(2)3/h6,8,10,14H,4-5,7H2,1-3H3,(H,16,18,19). The Labute approximate surface area is 122 Å². The van der Waals surface area contributed by atoms with Gasteiger partial charge in [-0.2, -0.15) is 0 Å². The number of thiazole rings is 1. The second-order valence-corrected chi connectivity index (χ2v) is 6.20. The van der Waals surface area contributed by atoms with Crippen molar-refractivity contribution in [2.75, 3.05) is 11.4 Å². The Morgan fingerprint density at radius 3 is 2.95 bits per heavy atom. The molecule has 2 heterocycles. The summed E-state index contributed by atoms with van der Waals surface area (Å²) in [5.41, 5.74) is 0. The van der Waals surface area contributed by atoms with Crippen LogP contribution in [0, 0.1) is 0 Å². The zero-order valence-corrected chi connectivity index (χ0v) is 12.8. The summed E-state index contributed by atoms with van der Waals surface area (Å²) in [6.07, 6.45) is 2.46. The smallest absolute Gasteiger partial charge is 0.249 e. The van der Waals surface area contributed by atoms with Gasteiger partial charge >= 0.3 is 0 Å².